The second kappa shape index (κ2) is 4.92. The molecule has 1 aromatic heterocycles. The fraction of sp³-hybridized carbons (Fsp3) is 0.267. The van der Waals surface area contributed by atoms with Gasteiger partial charge in [0, 0.05) is 29.5 Å². The summed E-state index contributed by atoms with van der Waals surface area (Å²) in [6.45, 7) is 1.95. The van der Waals surface area contributed by atoms with Crippen molar-refractivity contribution in [3.63, 3.8) is 0 Å². The largest absolute Gasteiger partial charge is 0.494 e. The Hall–Kier alpha value is -2.43. The molecule has 0 spiro atoms. The second-order valence-electron chi connectivity index (χ2n) is 4.76. The average molecular weight is 269 g/mol. The molecule has 0 unspecified atom stereocenters. The van der Waals surface area contributed by atoms with Gasteiger partial charge in [0.05, 0.1) is 12.8 Å². The Morgan fingerprint density at radius 3 is 2.75 bits per heavy atom. The van der Waals surface area contributed by atoms with Crippen LogP contribution in [0.4, 0.5) is 0 Å². The summed E-state index contributed by atoms with van der Waals surface area (Å²) in [4.78, 5) is 15.7. The predicted octanol–water partition coefficient (Wildman–Crippen LogP) is 2.17. The molecule has 102 valence electrons. The van der Waals surface area contributed by atoms with E-state index in [9.17, 15) is 4.79 Å². The molecule has 0 aliphatic carbocycles. The molecule has 1 N–H and O–H groups in total. The summed E-state index contributed by atoms with van der Waals surface area (Å²) in [5.41, 5.74) is 6.16. The minimum atomic E-state index is -0.0412. The number of hydrogen-bond donors (Lipinski definition) is 1. The van der Waals surface area contributed by atoms with E-state index in [0.29, 0.717) is 12.8 Å². The number of aromatic nitrogens is 1. The molecule has 1 aliphatic heterocycles. The van der Waals surface area contributed by atoms with Gasteiger partial charge in [0.1, 0.15) is 11.3 Å². The van der Waals surface area contributed by atoms with Crippen molar-refractivity contribution in [3.05, 3.63) is 35.5 Å². The van der Waals surface area contributed by atoms with Gasteiger partial charge in [0.2, 0.25) is 5.91 Å². The smallest absolute Gasteiger partial charge is 0.240 e. The van der Waals surface area contributed by atoms with E-state index in [0.717, 1.165) is 33.6 Å². The molecular formula is C15H15N3O2. The lowest BCUT2D eigenvalue weighted by atomic mass is 9.99. The first-order valence-corrected chi connectivity index (χ1v) is 6.49. The number of carbonyl (C=O) groups excluding carboxylic acids is 1. The molecule has 1 amide bonds. The Balaban J connectivity index is 2.20. The molecule has 2 heterocycles. The number of methoxy groups -OCH3 is 1. The van der Waals surface area contributed by atoms with Crippen LogP contribution in [0.25, 0.3) is 10.9 Å². The van der Waals surface area contributed by atoms with Crippen LogP contribution in [-0.4, -0.2) is 23.7 Å². The summed E-state index contributed by atoms with van der Waals surface area (Å²) in [7, 11) is 1.64. The monoisotopic (exact) mass is 269 g/mol. The van der Waals surface area contributed by atoms with E-state index in [1.54, 1.807) is 7.11 Å². The minimum absolute atomic E-state index is 0.0412. The number of ether oxygens (including phenoxy) is 1. The highest BCUT2D eigenvalue weighted by Gasteiger charge is 2.17. The maximum Gasteiger partial charge on any atom is 0.240 e. The van der Waals surface area contributed by atoms with Crippen molar-refractivity contribution in [1.29, 1.82) is 0 Å². The standard InChI is InChI=1S/C15H15N3O2/c1-9-3-4-11-10(12-6-8-14(19)18-17-12)5-7-13(20-2)15(11)16-9/h3-5,7H,6,8H2,1-2H3,(H,18,19). The normalized spacial score (nSPS) is 14.9. The van der Waals surface area contributed by atoms with Crippen molar-refractivity contribution in [2.45, 2.75) is 19.8 Å². The number of amides is 1. The van der Waals surface area contributed by atoms with Gasteiger partial charge < -0.3 is 4.74 Å². The van der Waals surface area contributed by atoms with Gasteiger partial charge in [-0.15, -0.1) is 0 Å². The third-order valence-electron chi connectivity index (χ3n) is 3.39. The highest BCUT2D eigenvalue weighted by atomic mass is 16.5. The third-order valence-corrected chi connectivity index (χ3v) is 3.39. The number of fused-ring (bicyclic) bond motifs is 1. The van der Waals surface area contributed by atoms with Gasteiger partial charge in [-0.3, -0.25) is 4.79 Å². The van der Waals surface area contributed by atoms with E-state index in [-0.39, 0.29) is 5.91 Å². The van der Waals surface area contributed by atoms with Gasteiger partial charge in [0.25, 0.3) is 0 Å². The number of carbonyl (C=O) groups is 1. The van der Waals surface area contributed by atoms with E-state index in [4.69, 9.17) is 4.74 Å². The molecule has 2 aromatic rings. The first-order chi connectivity index (χ1) is 9.69. The van der Waals surface area contributed by atoms with Gasteiger partial charge in [-0.1, -0.05) is 6.07 Å². The first-order valence-electron chi connectivity index (χ1n) is 6.49. The lowest BCUT2D eigenvalue weighted by molar-refractivity contribution is -0.121. The molecule has 20 heavy (non-hydrogen) atoms. The maximum absolute atomic E-state index is 11.2. The molecule has 5 nitrogen and oxygen atoms in total. The van der Waals surface area contributed by atoms with E-state index >= 15 is 0 Å². The van der Waals surface area contributed by atoms with Crippen LogP contribution in [0.5, 0.6) is 5.75 Å². The fourth-order valence-corrected chi connectivity index (χ4v) is 2.37. The van der Waals surface area contributed by atoms with Crippen molar-refractivity contribution in [2.75, 3.05) is 7.11 Å². The number of aryl methyl sites for hydroxylation is 1. The Kier molecular flexibility index (Phi) is 3.10. The summed E-state index contributed by atoms with van der Waals surface area (Å²) in [6.07, 6.45) is 1.10. The number of nitrogens with one attached hydrogen (secondary N) is 1. The summed E-state index contributed by atoms with van der Waals surface area (Å²) in [5, 5.41) is 5.15. The van der Waals surface area contributed by atoms with Gasteiger partial charge in [-0.05, 0) is 25.1 Å². The van der Waals surface area contributed by atoms with Gasteiger partial charge in [-0.25, -0.2) is 10.4 Å². The number of hydrogen-bond acceptors (Lipinski definition) is 4. The van der Waals surface area contributed by atoms with Crippen molar-refractivity contribution < 1.29 is 9.53 Å². The second-order valence-corrected chi connectivity index (χ2v) is 4.76. The number of nitrogens with zero attached hydrogens (tertiary/aromatic N) is 2. The summed E-state index contributed by atoms with van der Waals surface area (Å²) < 4.78 is 5.37. The fourth-order valence-electron chi connectivity index (χ4n) is 2.37. The molecule has 0 bridgehead atoms. The van der Waals surface area contributed by atoms with Crippen LogP contribution < -0.4 is 10.2 Å². The van der Waals surface area contributed by atoms with Crippen LogP contribution in [0.1, 0.15) is 24.1 Å². The van der Waals surface area contributed by atoms with Gasteiger partial charge >= 0.3 is 0 Å². The molecule has 0 atom stereocenters. The Morgan fingerprint density at radius 1 is 1.20 bits per heavy atom. The lowest BCUT2D eigenvalue weighted by Crippen LogP contribution is -2.26. The van der Waals surface area contributed by atoms with E-state index in [1.807, 2.05) is 31.2 Å². The molecule has 0 saturated heterocycles. The van der Waals surface area contributed by atoms with Crippen molar-refractivity contribution in [3.8, 4) is 5.75 Å². The van der Waals surface area contributed by atoms with E-state index in [1.165, 1.54) is 0 Å². The molecule has 0 radical (unpaired) electrons. The Labute approximate surface area is 116 Å². The zero-order valence-corrected chi connectivity index (χ0v) is 11.4. The Morgan fingerprint density at radius 2 is 2.05 bits per heavy atom. The van der Waals surface area contributed by atoms with Crippen LogP contribution in [-0.2, 0) is 4.79 Å². The van der Waals surface area contributed by atoms with Crippen LogP contribution in [0.2, 0.25) is 0 Å². The van der Waals surface area contributed by atoms with Crippen LogP contribution in [0.15, 0.2) is 29.4 Å². The third kappa shape index (κ3) is 2.11. The summed E-state index contributed by atoms with van der Waals surface area (Å²) in [5.74, 6) is 0.702. The lowest BCUT2D eigenvalue weighted by Gasteiger charge is -2.15. The van der Waals surface area contributed by atoms with E-state index < -0.39 is 0 Å². The van der Waals surface area contributed by atoms with Gasteiger partial charge in [-0.2, -0.15) is 5.10 Å². The molecule has 5 heteroatoms. The first kappa shape index (κ1) is 12.6. The molecule has 1 aliphatic rings. The quantitative estimate of drug-likeness (QED) is 0.908. The molecule has 0 fully saturated rings. The molecular weight excluding hydrogens is 254 g/mol. The Bertz CT molecular complexity index is 722. The van der Waals surface area contributed by atoms with Crippen LogP contribution in [0.3, 0.4) is 0 Å². The van der Waals surface area contributed by atoms with Crippen molar-refractivity contribution >= 4 is 22.5 Å². The SMILES string of the molecule is COc1ccc(C2=NNC(=O)CC2)c2ccc(C)nc12. The highest BCUT2D eigenvalue weighted by Crippen LogP contribution is 2.28. The molecule has 1 aromatic carbocycles. The number of hydrazone groups is 1. The number of rotatable bonds is 2. The topological polar surface area (TPSA) is 63.6 Å². The van der Waals surface area contributed by atoms with Crippen LogP contribution >= 0.6 is 0 Å². The van der Waals surface area contributed by atoms with Gasteiger partial charge in [0.15, 0.2) is 0 Å². The van der Waals surface area contributed by atoms with Crippen LogP contribution in [0, 0.1) is 6.92 Å². The number of benzene rings is 1. The maximum atomic E-state index is 11.2. The highest BCUT2D eigenvalue weighted by molar-refractivity contribution is 6.13. The van der Waals surface area contributed by atoms with E-state index in [2.05, 4.69) is 15.5 Å². The zero-order chi connectivity index (χ0) is 14.1. The molecule has 3 rings (SSSR count). The predicted molar refractivity (Wildman–Crippen MR) is 76.9 cm³/mol. The molecule has 0 saturated carbocycles. The average Bonchev–Trinajstić information content (AvgIpc) is 2.47. The number of pyridine rings is 1. The zero-order valence-electron chi connectivity index (χ0n) is 11.4. The summed E-state index contributed by atoms with van der Waals surface area (Å²) >= 11 is 0. The minimum Gasteiger partial charge on any atom is -0.494 e. The summed E-state index contributed by atoms with van der Waals surface area (Å²) in [6, 6.07) is 7.85. The van der Waals surface area contributed by atoms with Crippen molar-refractivity contribution in [1.82, 2.24) is 10.4 Å². The van der Waals surface area contributed by atoms with Crippen molar-refractivity contribution in [2.24, 2.45) is 5.10 Å².